The first-order chi connectivity index (χ1) is 9.76. The molecule has 2 rings (SSSR count). The van der Waals surface area contributed by atoms with Gasteiger partial charge in [-0.25, -0.2) is 4.98 Å². The number of fused-ring (bicyclic) bond motifs is 1. The summed E-state index contributed by atoms with van der Waals surface area (Å²) >= 11 is 0. The number of ether oxygens (including phenoxy) is 1. The molecule has 1 aromatic heterocycles. The molecular formula is C15H17F3N2O. The van der Waals surface area contributed by atoms with Crippen LogP contribution in [0.3, 0.4) is 0 Å². The molecule has 1 aromatic carbocycles. The van der Waals surface area contributed by atoms with Crippen LogP contribution in [0.25, 0.3) is 10.9 Å². The smallest absolute Gasteiger partial charge is 0.422 e. The van der Waals surface area contributed by atoms with Crippen molar-refractivity contribution in [1.29, 1.82) is 0 Å². The van der Waals surface area contributed by atoms with E-state index in [0.29, 0.717) is 28.9 Å². The molecule has 0 unspecified atom stereocenters. The Morgan fingerprint density at radius 1 is 1.29 bits per heavy atom. The summed E-state index contributed by atoms with van der Waals surface area (Å²) in [6, 6.07) is 6.56. The molecule has 6 heteroatoms. The zero-order valence-electron chi connectivity index (χ0n) is 11.9. The first kappa shape index (κ1) is 15.4. The zero-order chi connectivity index (χ0) is 15.6. The van der Waals surface area contributed by atoms with Gasteiger partial charge in [0.2, 0.25) is 0 Å². The van der Waals surface area contributed by atoms with Crippen LogP contribution in [-0.4, -0.2) is 17.8 Å². The molecule has 21 heavy (non-hydrogen) atoms. The largest absolute Gasteiger partial charge is 0.482 e. The van der Waals surface area contributed by atoms with Crippen LogP contribution in [0, 0.1) is 5.92 Å². The summed E-state index contributed by atoms with van der Waals surface area (Å²) in [5.74, 6) is 0.472. The van der Waals surface area contributed by atoms with Gasteiger partial charge < -0.3 is 10.5 Å². The number of hydrogen-bond acceptors (Lipinski definition) is 3. The number of hydrogen-bond donors (Lipinski definition) is 1. The van der Waals surface area contributed by atoms with Crippen molar-refractivity contribution in [1.82, 2.24) is 4.98 Å². The summed E-state index contributed by atoms with van der Waals surface area (Å²) in [6.07, 6.45) is -3.68. The van der Waals surface area contributed by atoms with Gasteiger partial charge in [0.25, 0.3) is 0 Å². The van der Waals surface area contributed by atoms with Gasteiger partial charge in [-0.05, 0) is 24.5 Å². The van der Waals surface area contributed by atoms with Crippen LogP contribution >= 0.6 is 0 Å². The lowest BCUT2D eigenvalue weighted by molar-refractivity contribution is -0.153. The number of benzene rings is 1. The van der Waals surface area contributed by atoms with Gasteiger partial charge in [-0.1, -0.05) is 26.0 Å². The molecule has 0 aliphatic heterocycles. The predicted octanol–water partition coefficient (Wildman–Crippen LogP) is 3.96. The van der Waals surface area contributed by atoms with E-state index in [1.165, 1.54) is 6.07 Å². The average Bonchev–Trinajstić information content (AvgIpc) is 2.34. The molecular weight excluding hydrogens is 281 g/mol. The fourth-order valence-electron chi connectivity index (χ4n) is 2.10. The molecule has 1 heterocycles. The van der Waals surface area contributed by atoms with E-state index < -0.39 is 12.8 Å². The average molecular weight is 298 g/mol. The Kier molecular flexibility index (Phi) is 4.25. The van der Waals surface area contributed by atoms with E-state index in [2.05, 4.69) is 4.98 Å². The number of nitrogens with two attached hydrogens (primary N) is 1. The molecule has 0 spiro atoms. The van der Waals surface area contributed by atoms with Crippen molar-refractivity contribution in [2.24, 2.45) is 5.92 Å². The second-order valence-corrected chi connectivity index (χ2v) is 5.36. The van der Waals surface area contributed by atoms with Gasteiger partial charge in [-0.2, -0.15) is 13.2 Å². The number of alkyl halides is 3. The molecule has 0 amide bonds. The quantitative estimate of drug-likeness (QED) is 0.929. The van der Waals surface area contributed by atoms with E-state index in [-0.39, 0.29) is 5.75 Å². The van der Waals surface area contributed by atoms with E-state index in [1.807, 2.05) is 13.8 Å². The third kappa shape index (κ3) is 4.00. The molecule has 0 bridgehead atoms. The van der Waals surface area contributed by atoms with Crippen LogP contribution in [0.5, 0.6) is 5.75 Å². The highest BCUT2D eigenvalue weighted by Gasteiger charge is 2.28. The van der Waals surface area contributed by atoms with E-state index in [9.17, 15) is 13.2 Å². The number of rotatable bonds is 4. The summed E-state index contributed by atoms with van der Waals surface area (Å²) in [6.45, 7) is 2.73. The van der Waals surface area contributed by atoms with Crippen LogP contribution < -0.4 is 10.5 Å². The fraction of sp³-hybridized carbons (Fsp3) is 0.400. The first-order valence-electron chi connectivity index (χ1n) is 6.64. The van der Waals surface area contributed by atoms with Crippen LogP contribution in [-0.2, 0) is 6.42 Å². The molecule has 0 radical (unpaired) electrons. The number of anilines is 1. The highest BCUT2D eigenvalue weighted by Crippen LogP contribution is 2.30. The minimum Gasteiger partial charge on any atom is -0.482 e. The normalized spacial score (nSPS) is 12.1. The number of nitrogens with zero attached hydrogens (tertiary/aromatic N) is 1. The van der Waals surface area contributed by atoms with Gasteiger partial charge in [0, 0.05) is 16.8 Å². The van der Waals surface area contributed by atoms with Crippen molar-refractivity contribution in [2.75, 3.05) is 12.3 Å². The number of halogens is 3. The molecule has 0 saturated heterocycles. The maximum absolute atomic E-state index is 12.3. The van der Waals surface area contributed by atoms with Gasteiger partial charge in [0.05, 0.1) is 0 Å². The maximum Gasteiger partial charge on any atom is 0.422 e. The Morgan fingerprint density at radius 3 is 2.62 bits per heavy atom. The topological polar surface area (TPSA) is 48.1 Å². The van der Waals surface area contributed by atoms with E-state index in [4.69, 9.17) is 10.5 Å². The van der Waals surface area contributed by atoms with Gasteiger partial charge in [-0.15, -0.1) is 0 Å². The van der Waals surface area contributed by atoms with Crippen molar-refractivity contribution >= 4 is 16.6 Å². The Morgan fingerprint density at radius 2 is 2.00 bits per heavy atom. The van der Waals surface area contributed by atoms with Crippen molar-refractivity contribution in [3.8, 4) is 5.75 Å². The number of para-hydroxylation sites is 1. The Hall–Kier alpha value is -1.98. The summed E-state index contributed by atoms with van der Waals surface area (Å²) < 4.78 is 41.8. The molecule has 2 aromatic rings. The third-order valence-corrected chi connectivity index (χ3v) is 2.90. The molecule has 0 saturated carbocycles. The Bertz CT molecular complexity index is 639. The lowest BCUT2D eigenvalue weighted by Gasteiger charge is -2.13. The van der Waals surface area contributed by atoms with Crippen LogP contribution in [0.15, 0.2) is 24.3 Å². The van der Waals surface area contributed by atoms with Gasteiger partial charge in [0.15, 0.2) is 6.61 Å². The lowest BCUT2D eigenvalue weighted by atomic mass is 10.1. The number of pyridine rings is 1. The molecule has 3 nitrogen and oxygen atoms in total. The van der Waals surface area contributed by atoms with Gasteiger partial charge >= 0.3 is 6.18 Å². The molecule has 0 fully saturated rings. The second kappa shape index (κ2) is 5.79. The SMILES string of the molecule is CC(C)Cc1cc(N)c2cccc(OCC(F)(F)F)c2n1. The molecule has 2 N–H and O–H groups in total. The van der Waals surface area contributed by atoms with Crippen LogP contribution in [0.2, 0.25) is 0 Å². The molecule has 0 aliphatic rings. The summed E-state index contributed by atoms with van der Waals surface area (Å²) in [5, 5.41) is 0.599. The predicted molar refractivity (Wildman–Crippen MR) is 76.2 cm³/mol. The van der Waals surface area contributed by atoms with Crippen LogP contribution in [0.1, 0.15) is 19.5 Å². The fourth-order valence-corrected chi connectivity index (χ4v) is 2.10. The lowest BCUT2D eigenvalue weighted by Crippen LogP contribution is -2.19. The second-order valence-electron chi connectivity index (χ2n) is 5.36. The molecule has 114 valence electrons. The summed E-state index contributed by atoms with van der Waals surface area (Å²) in [4.78, 5) is 4.40. The van der Waals surface area contributed by atoms with Crippen molar-refractivity contribution in [3.05, 3.63) is 30.0 Å². The number of nitrogen functional groups attached to an aromatic ring is 1. The van der Waals surface area contributed by atoms with Crippen molar-refractivity contribution in [3.63, 3.8) is 0 Å². The van der Waals surface area contributed by atoms with Gasteiger partial charge in [0.1, 0.15) is 11.3 Å². The van der Waals surface area contributed by atoms with E-state index in [1.54, 1.807) is 18.2 Å². The third-order valence-electron chi connectivity index (χ3n) is 2.90. The van der Waals surface area contributed by atoms with Crippen molar-refractivity contribution < 1.29 is 17.9 Å². The Balaban J connectivity index is 2.43. The van der Waals surface area contributed by atoms with E-state index >= 15 is 0 Å². The zero-order valence-corrected chi connectivity index (χ0v) is 11.9. The summed E-state index contributed by atoms with van der Waals surface area (Å²) in [5.41, 5.74) is 7.58. The van der Waals surface area contributed by atoms with Crippen LogP contribution in [0.4, 0.5) is 18.9 Å². The molecule has 0 aliphatic carbocycles. The molecule has 0 atom stereocenters. The van der Waals surface area contributed by atoms with Gasteiger partial charge in [-0.3, -0.25) is 0 Å². The number of aromatic nitrogens is 1. The maximum atomic E-state index is 12.3. The Labute approximate surface area is 120 Å². The van der Waals surface area contributed by atoms with Crippen molar-refractivity contribution in [2.45, 2.75) is 26.4 Å². The first-order valence-corrected chi connectivity index (χ1v) is 6.64. The highest BCUT2D eigenvalue weighted by molar-refractivity contribution is 5.94. The minimum absolute atomic E-state index is 0.0992. The standard InChI is InChI=1S/C15H17F3N2O/c1-9(2)6-10-7-12(19)11-4-3-5-13(14(11)20-10)21-8-15(16,17)18/h3-5,7,9H,6,8H2,1-2H3,(H2,19,20). The summed E-state index contributed by atoms with van der Waals surface area (Å²) in [7, 11) is 0. The monoisotopic (exact) mass is 298 g/mol. The minimum atomic E-state index is -4.39. The highest BCUT2D eigenvalue weighted by atomic mass is 19.4. The van der Waals surface area contributed by atoms with E-state index in [0.717, 1.165) is 5.69 Å².